The fourth-order valence-electron chi connectivity index (χ4n) is 1.42. The van der Waals surface area contributed by atoms with Gasteiger partial charge in [-0.3, -0.25) is 4.98 Å². The molecule has 0 aliphatic carbocycles. The van der Waals surface area contributed by atoms with Crippen molar-refractivity contribution in [2.75, 3.05) is 0 Å². The van der Waals surface area contributed by atoms with Gasteiger partial charge < -0.3 is 5.73 Å². The van der Waals surface area contributed by atoms with E-state index in [-0.39, 0.29) is 5.82 Å². The molecule has 0 spiro atoms. The van der Waals surface area contributed by atoms with Crippen LogP contribution in [0.4, 0.5) is 4.39 Å². The summed E-state index contributed by atoms with van der Waals surface area (Å²) in [6.45, 7) is 0.434. The highest BCUT2D eigenvalue weighted by Crippen LogP contribution is 2.20. The molecular weight excluding hydrogens is 191 g/mol. The summed E-state index contributed by atoms with van der Waals surface area (Å²) in [5.41, 5.74) is 7.59. The molecule has 3 heteroatoms. The maximum Gasteiger partial charge on any atom is 0.132 e. The largest absolute Gasteiger partial charge is 0.326 e. The van der Waals surface area contributed by atoms with E-state index in [1.165, 1.54) is 6.07 Å². The second-order valence-corrected chi connectivity index (χ2v) is 3.23. The summed E-state index contributed by atoms with van der Waals surface area (Å²) in [4.78, 5) is 4.12. The molecule has 0 saturated carbocycles. The second kappa shape index (κ2) is 4.19. The maximum absolute atomic E-state index is 13.4. The van der Waals surface area contributed by atoms with Crippen molar-refractivity contribution in [3.05, 3.63) is 54.0 Å². The van der Waals surface area contributed by atoms with E-state index in [1.54, 1.807) is 30.5 Å². The van der Waals surface area contributed by atoms with E-state index < -0.39 is 0 Å². The summed E-state index contributed by atoms with van der Waals surface area (Å²) in [7, 11) is 0. The molecule has 76 valence electrons. The smallest absolute Gasteiger partial charge is 0.132 e. The fourth-order valence-corrected chi connectivity index (χ4v) is 1.42. The van der Waals surface area contributed by atoms with Crippen LogP contribution in [0.2, 0.25) is 0 Å². The molecule has 0 bridgehead atoms. The van der Waals surface area contributed by atoms with Crippen molar-refractivity contribution in [2.24, 2.45) is 5.73 Å². The first-order chi connectivity index (χ1) is 7.31. The van der Waals surface area contributed by atoms with Gasteiger partial charge in [-0.1, -0.05) is 12.1 Å². The number of rotatable bonds is 2. The molecule has 0 unspecified atom stereocenters. The highest BCUT2D eigenvalue weighted by Gasteiger charge is 2.05. The van der Waals surface area contributed by atoms with Gasteiger partial charge in [-0.2, -0.15) is 0 Å². The van der Waals surface area contributed by atoms with Crippen molar-refractivity contribution >= 4 is 0 Å². The molecule has 2 aromatic rings. The average molecular weight is 202 g/mol. The summed E-state index contributed by atoms with van der Waals surface area (Å²) >= 11 is 0. The van der Waals surface area contributed by atoms with Gasteiger partial charge in [0.15, 0.2) is 0 Å². The number of pyridine rings is 1. The van der Waals surface area contributed by atoms with Crippen LogP contribution in [0.5, 0.6) is 0 Å². The molecule has 0 amide bonds. The zero-order valence-electron chi connectivity index (χ0n) is 8.15. The molecule has 0 saturated heterocycles. The van der Waals surface area contributed by atoms with Gasteiger partial charge in [-0.05, 0) is 29.8 Å². The molecule has 0 fully saturated rings. The molecule has 1 aromatic heterocycles. The highest BCUT2D eigenvalue weighted by molar-refractivity contribution is 5.60. The molecule has 1 aromatic carbocycles. The Hall–Kier alpha value is -1.74. The summed E-state index contributed by atoms with van der Waals surface area (Å²) in [6, 6.07) is 10.2. The monoisotopic (exact) mass is 202 g/mol. The third-order valence-electron chi connectivity index (χ3n) is 2.21. The molecule has 1 heterocycles. The van der Waals surface area contributed by atoms with Gasteiger partial charge in [0.1, 0.15) is 5.82 Å². The van der Waals surface area contributed by atoms with E-state index in [9.17, 15) is 4.39 Å². The Kier molecular flexibility index (Phi) is 2.74. The Morgan fingerprint density at radius 1 is 1.20 bits per heavy atom. The number of hydrogen-bond acceptors (Lipinski definition) is 2. The molecule has 2 rings (SSSR count). The van der Waals surface area contributed by atoms with E-state index in [2.05, 4.69) is 4.98 Å². The zero-order valence-corrected chi connectivity index (χ0v) is 8.15. The lowest BCUT2D eigenvalue weighted by Gasteiger charge is -2.03. The lowest BCUT2D eigenvalue weighted by atomic mass is 10.1. The minimum atomic E-state index is -0.265. The molecule has 2 nitrogen and oxygen atoms in total. The third-order valence-corrected chi connectivity index (χ3v) is 2.21. The summed E-state index contributed by atoms with van der Waals surface area (Å²) in [6.07, 6.45) is 1.64. The summed E-state index contributed by atoms with van der Waals surface area (Å²) < 4.78 is 13.4. The summed E-state index contributed by atoms with van der Waals surface area (Å²) in [5, 5.41) is 0. The van der Waals surface area contributed by atoms with E-state index in [0.29, 0.717) is 17.8 Å². The van der Waals surface area contributed by atoms with Gasteiger partial charge in [-0.15, -0.1) is 0 Å². The minimum Gasteiger partial charge on any atom is -0.326 e. The van der Waals surface area contributed by atoms with Crippen LogP contribution in [0, 0.1) is 5.82 Å². The predicted octanol–water partition coefficient (Wildman–Crippen LogP) is 2.35. The molecule has 2 N–H and O–H groups in total. The number of hydrogen-bond donors (Lipinski definition) is 1. The van der Waals surface area contributed by atoms with E-state index in [0.717, 1.165) is 5.56 Å². The number of halogens is 1. The number of nitrogens with zero attached hydrogens (tertiary/aromatic N) is 1. The molecular formula is C12H11FN2. The Morgan fingerprint density at radius 2 is 2.00 bits per heavy atom. The van der Waals surface area contributed by atoms with Crippen molar-refractivity contribution in [3.8, 4) is 11.3 Å². The van der Waals surface area contributed by atoms with Gasteiger partial charge in [0, 0.05) is 18.3 Å². The predicted molar refractivity (Wildman–Crippen MR) is 57.5 cm³/mol. The van der Waals surface area contributed by atoms with E-state index in [1.807, 2.05) is 6.07 Å². The normalized spacial score (nSPS) is 10.3. The fraction of sp³-hybridized carbons (Fsp3) is 0.0833. The van der Waals surface area contributed by atoms with Crippen LogP contribution >= 0.6 is 0 Å². The van der Waals surface area contributed by atoms with Crippen LogP contribution in [0.1, 0.15) is 5.56 Å². The van der Waals surface area contributed by atoms with Crippen LogP contribution in [0.25, 0.3) is 11.3 Å². The first-order valence-electron chi connectivity index (χ1n) is 4.71. The van der Waals surface area contributed by atoms with Crippen molar-refractivity contribution in [1.29, 1.82) is 0 Å². The van der Waals surface area contributed by atoms with Gasteiger partial charge >= 0.3 is 0 Å². The molecule has 15 heavy (non-hydrogen) atoms. The van der Waals surface area contributed by atoms with Gasteiger partial charge in [0.05, 0.1) is 5.69 Å². The van der Waals surface area contributed by atoms with Crippen LogP contribution in [-0.4, -0.2) is 4.98 Å². The minimum absolute atomic E-state index is 0.265. The lowest BCUT2D eigenvalue weighted by molar-refractivity contribution is 0.630. The quantitative estimate of drug-likeness (QED) is 0.811. The number of aromatic nitrogens is 1. The van der Waals surface area contributed by atoms with Crippen LogP contribution in [0.15, 0.2) is 42.6 Å². The third kappa shape index (κ3) is 2.02. The van der Waals surface area contributed by atoms with Crippen molar-refractivity contribution in [1.82, 2.24) is 4.98 Å². The molecule has 0 radical (unpaired) electrons. The standard InChI is InChI=1S/C12H11FN2/c13-11-4-2-1-3-10(11)12-7-9(8-14)5-6-15-12/h1-7H,8,14H2. The topological polar surface area (TPSA) is 38.9 Å². The van der Waals surface area contributed by atoms with Crippen molar-refractivity contribution in [3.63, 3.8) is 0 Å². The molecule has 0 aliphatic rings. The Balaban J connectivity index is 2.49. The SMILES string of the molecule is NCc1ccnc(-c2ccccc2F)c1. The van der Waals surface area contributed by atoms with Crippen LogP contribution < -0.4 is 5.73 Å². The molecule has 0 aliphatic heterocycles. The Bertz CT molecular complexity index is 469. The number of benzene rings is 1. The van der Waals surface area contributed by atoms with Gasteiger partial charge in [0.25, 0.3) is 0 Å². The van der Waals surface area contributed by atoms with Crippen LogP contribution in [0.3, 0.4) is 0 Å². The lowest BCUT2D eigenvalue weighted by Crippen LogP contribution is -1.97. The van der Waals surface area contributed by atoms with Crippen molar-refractivity contribution < 1.29 is 4.39 Å². The first kappa shape index (κ1) is 9.80. The van der Waals surface area contributed by atoms with E-state index in [4.69, 9.17) is 5.73 Å². The maximum atomic E-state index is 13.4. The average Bonchev–Trinajstić information content (AvgIpc) is 2.30. The zero-order chi connectivity index (χ0) is 10.7. The molecule has 0 atom stereocenters. The first-order valence-corrected chi connectivity index (χ1v) is 4.71. The highest BCUT2D eigenvalue weighted by atomic mass is 19.1. The van der Waals surface area contributed by atoms with Gasteiger partial charge in [0.2, 0.25) is 0 Å². The Morgan fingerprint density at radius 3 is 2.73 bits per heavy atom. The van der Waals surface area contributed by atoms with Crippen LogP contribution in [-0.2, 0) is 6.54 Å². The second-order valence-electron chi connectivity index (χ2n) is 3.23. The van der Waals surface area contributed by atoms with Gasteiger partial charge in [-0.25, -0.2) is 4.39 Å². The van der Waals surface area contributed by atoms with Crippen molar-refractivity contribution in [2.45, 2.75) is 6.54 Å². The van der Waals surface area contributed by atoms with E-state index >= 15 is 0 Å². The summed E-state index contributed by atoms with van der Waals surface area (Å²) in [5.74, 6) is -0.265. The number of nitrogens with two attached hydrogens (primary N) is 1. The Labute approximate surface area is 87.6 Å².